The summed E-state index contributed by atoms with van der Waals surface area (Å²) in [6.45, 7) is 0. The van der Waals surface area contributed by atoms with Crippen LogP contribution in [0.15, 0.2) is 47.2 Å². The monoisotopic (exact) mass is 306 g/mol. The minimum absolute atomic E-state index is 0.717. The number of hydrogen-bond acceptors (Lipinski definition) is 1. The lowest BCUT2D eigenvalue weighted by Gasteiger charge is -2.05. The Morgan fingerprint density at radius 3 is 2.71 bits per heavy atom. The number of rotatable bonds is 1. The topological polar surface area (TPSA) is 28.7 Å². The highest BCUT2D eigenvalue weighted by Gasteiger charge is 2.12. The van der Waals surface area contributed by atoms with Gasteiger partial charge in [-0.1, -0.05) is 41.9 Å². The predicted octanol–water partition coefficient (Wildman–Crippen LogP) is 4.65. The second-order valence-electron chi connectivity index (χ2n) is 3.71. The lowest BCUT2D eigenvalue weighted by atomic mass is 10.1. The third kappa shape index (κ3) is 1.75. The highest BCUT2D eigenvalue weighted by molar-refractivity contribution is 9.10. The standard InChI is InChI=1S/C13H8BrClN2/c14-10-7-17-13-11(10)12(15)9(6-16-13)8-4-2-1-3-5-8/h1-7H,(H,16,17). The number of pyridine rings is 1. The van der Waals surface area contributed by atoms with Gasteiger partial charge in [-0.2, -0.15) is 0 Å². The summed E-state index contributed by atoms with van der Waals surface area (Å²) in [6, 6.07) is 10.0. The van der Waals surface area contributed by atoms with E-state index in [0.29, 0.717) is 5.02 Å². The molecule has 1 aromatic carbocycles. The van der Waals surface area contributed by atoms with Crippen LogP contribution in [0.2, 0.25) is 5.02 Å². The molecule has 0 bridgehead atoms. The van der Waals surface area contributed by atoms with Crippen molar-refractivity contribution in [1.82, 2.24) is 9.97 Å². The fourth-order valence-electron chi connectivity index (χ4n) is 1.84. The highest BCUT2D eigenvalue weighted by atomic mass is 79.9. The molecule has 0 unspecified atom stereocenters. The summed E-state index contributed by atoms with van der Waals surface area (Å²) in [5.74, 6) is 0. The number of nitrogens with one attached hydrogen (secondary N) is 1. The summed E-state index contributed by atoms with van der Waals surface area (Å²) in [6.07, 6.45) is 3.64. The normalized spacial score (nSPS) is 10.9. The van der Waals surface area contributed by atoms with E-state index in [4.69, 9.17) is 11.6 Å². The number of H-pyrrole nitrogens is 1. The molecule has 84 valence electrons. The zero-order valence-corrected chi connectivity index (χ0v) is 11.1. The Morgan fingerprint density at radius 2 is 1.94 bits per heavy atom. The number of benzene rings is 1. The van der Waals surface area contributed by atoms with E-state index in [0.717, 1.165) is 26.6 Å². The van der Waals surface area contributed by atoms with Gasteiger partial charge in [0.05, 0.1) is 10.4 Å². The van der Waals surface area contributed by atoms with Crippen molar-refractivity contribution in [3.63, 3.8) is 0 Å². The van der Waals surface area contributed by atoms with Crippen LogP contribution in [0.25, 0.3) is 22.2 Å². The van der Waals surface area contributed by atoms with Crippen molar-refractivity contribution in [2.24, 2.45) is 0 Å². The Morgan fingerprint density at radius 1 is 1.18 bits per heavy atom. The Bertz CT molecular complexity index is 676. The zero-order valence-electron chi connectivity index (χ0n) is 8.74. The molecule has 17 heavy (non-hydrogen) atoms. The van der Waals surface area contributed by atoms with Crippen LogP contribution in [-0.4, -0.2) is 9.97 Å². The molecule has 0 atom stereocenters. The second-order valence-corrected chi connectivity index (χ2v) is 4.94. The number of aromatic amines is 1. The van der Waals surface area contributed by atoms with Gasteiger partial charge in [0, 0.05) is 22.4 Å². The van der Waals surface area contributed by atoms with Crippen LogP contribution < -0.4 is 0 Å². The Labute approximate surface area is 112 Å². The van der Waals surface area contributed by atoms with Crippen LogP contribution in [0.1, 0.15) is 0 Å². The van der Waals surface area contributed by atoms with Gasteiger partial charge in [-0.25, -0.2) is 4.98 Å². The van der Waals surface area contributed by atoms with Crippen LogP contribution in [0.3, 0.4) is 0 Å². The maximum absolute atomic E-state index is 6.43. The largest absolute Gasteiger partial charge is 0.345 e. The Kier molecular flexibility index (Phi) is 2.65. The fourth-order valence-corrected chi connectivity index (χ4v) is 2.80. The van der Waals surface area contributed by atoms with E-state index in [-0.39, 0.29) is 0 Å². The average Bonchev–Trinajstić information content (AvgIpc) is 2.73. The van der Waals surface area contributed by atoms with E-state index in [1.165, 1.54) is 0 Å². The van der Waals surface area contributed by atoms with Crippen molar-refractivity contribution in [3.8, 4) is 11.1 Å². The molecule has 3 rings (SSSR count). The van der Waals surface area contributed by atoms with Crippen molar-refractivity contribution in [3.05, 3.63) is 52.2 Å². The number of nitrogens with zero attached hydrogens (tertiary/aromatic N) is 1. The van der Waals surface area contributed by atoms with Gasteiger partial charge in [-0.05, 0) is 21.5 Å². The van der Waals surface area contributed by atoms with Gasteiger partial charge in [0.15, 0.2) is 0 Å². The van der Waals surface area contributed by atoms with Gasteiger partial charge in [-0.15, -0.1) is 0 Å². The number of hydrogen-bond donors (Lipinski definition) is 1. The molecule has 0 radical (unpaired) electrons. The summed E-state index contributed by atoms with van der Waals surface area (Å²) in [5, 5.41) is 1.64. The molecule has 0 aliphatic rings. The van der Waals surface area contributed by atoms with E-state index in [2.05, 4.69) is 25.9 Å². The quantitative estimate of drug-likeness (QED) is 0.697. The molecule has 0 spiro atoms. The van der Waals surface area contributed by atoms with E-state index < -0.39 is 0 Å². The van der Waals surface area contributed by atoms with Crippen LogP contribution in [0.4, 0.5) is 0 Å². The first-order chi connectivity index (χ1) is 8.27. The SMILES string of the molecule is Clc1c(-c2ccccc2)cnc2[nH]cc(Br)c12. The molecule has 2 heterocycles. The minimum Gasteiger partial charge on any atom is -0.345 e. The van der Waals surface area contributed by atoms with Crippen LogP contribution in [0, 0.1) is 0 Å². The third-order valence-corrected chi connectivity index (χ3v) is 3.69. The summed E-state index contributed by atoms with van der Waals surface area (Å²) in [7, 11) is 0. The third-order valence-electron chi connectivity index (χ3n) is 2.67. The van der Waals surface area contributed by atoms with Gasteiger partial charge in [-0.3, -0.25) is 0 Å². The van der Waals surface area contributed by atoms with Crippen LogP contribution in [-0.2, 0) is 0 Å². The molecule has 2 aromatic heterocycles. The van der Waals surface area contributed by atoms with Crippen molar-refractivity contribution >= 4 is 38.6 Å². The lowest BCUT2D eigenvalue weighted by molar-refractivity contribution is 1.32. The fraction of sp³-hybridized carbons (Fsp3) is 0. The molecule has 0 aliphatic heterocycles. The molecular formula is C13H8BrClN2. The molecule has 0 aliphatic carbocycles. The van der Waals surface area contributed by atoms with E-state index in [9.17, 15) is 0 Å². The number of aromatic nitrogens is 2. The molecule has 2 nitrogen and oxygen atoms in total. The first-order valence-corrected chi connectivity index (χ1v) is 6.31. The summed E-state index contributed by atoms with van der Waals surface area (Å²) in [4.78, 5) is 7.43. The highest BCUT2D eigenvalue weighted by Crippen LogP contribution is 2.36. The average molecular weight is 308 g/mol. The van der Waals surface area contributed by atoms with Crippen LogP contribution in [0.5, 0.6) is 0 Å². The molecule has 3 aromatic rings. The molecule has 0 amide bonds. The summed E-state index contributed by atoms with van der Waals surface area (Å²) in [5.41, 5.74) is 2.81. The number of fused-ring (bicyclic) bond motifs is 1. The van der Waals surface area contributed by atoms with Crippen molar-refractivity contribution in [2.75, 3.05) is 0 Å². The lowest BCUT2D eigenvalue weighted by Crippen LogP contribution is -1.84. The Hall–Kier alpha value is -1.32. The maximum atomic E-state index is 6.43. The number of halogens is 2. The first kappa shape index (κ1) is 10.8. The molecular weight excluding hydrogens is 300 g/mol. The molecule has 1 N–H and O–H groups in total. The van der Waals surface area contributed by atoms with E-state index >= 15 is 0 Å². The molecule has 0 fully saturated rings. The maximum Gasteiger partial charge on any atom is 0.139 e. The van der Waals surface area contributed by atoms with Crippen LogP contribution >= 0.6 is 27.5 Å². The van der Waals surface area contributed by atoms with Gasteiger partial charge in [0.2, 0.25) is 0 Å². The molecule has 0 saturated carbocycles. The van der Waals surface area contributed by atoms with E-state index in [1.54, 1.807) is 6.20 Å². The zero-order chi connectivity index (χ0) is 11.8. The van der Waals surface area contributed by atoms with Gasteiger partial charge < -0.3 is 4.98 Å². The molecule has 0 saturated heterocycles. The summed E-state index contributed by atoms with van der Waals surface area (Å²) >= 11 is 9.90. The smallest absolute Gasteiger partial charge is 0.139 e. The van der Waals surface area contributed by atoms with Crippen molar-refractivity contribution in [2.45, 2.75) is 0 Å². The Balaban J connectivity index is 2.32. The molecule has 4 heteroatoms. The van der Waals surface area contributed by atoms with Gasteiger partial charge in [0.25, 0.3) is 0 Å². The van der Waals surface area contributed by atoms with Gasteiger partial charge >= 0.3 is 0 Å². The first-order valence-electron chi connectivity index (χ1n) is 5.14. The minimum atomic E-state index is 0.717. The summed E-state index contributed by atoms with van der Waals surface area (Å²) < 4.78 is 0.933. The van der Waals surface area contributed by atoms with Crippen molar-refractivity contribution < 1.29 is 0 Å². The van der Waals surface area contributed by atoms with Crippen molar-refractivity contribution in [1.29, 1.82) is 0 Å². The second kappa shape index (κ2) is 4.17. The van der Waals surface area contributed by atoms with Gasteiger partial charge in [0.1, 0.15) is 5.65 Å². The predicted molar refractivity (Wildman–Crippen MR) is 74.2 cm³/mol. The van der Waals surface area contributed by atoms with E-state index in [1.807, 2.05) is 36.5 Å².